The van der Waals surface area contributed by atoms with Crippen LogP contribution in [0.5, 0.6) is 5.75 Å². The number of aromatic nitrogens is 2. The molecule has 0 aliphatic rings. The van der Waals surface area contributed by atoms with Gasteiger partial charge in [0.1, 0.15) is 5.75 Å². The summed E-state index contributed by atoms with van der Waals surface area (Å²) in [5, 5.41) is 0. The van der Waals surface area contributed by atoms with Crippen molar-refractivity contribution >= 4 is 0 Å². The van der Waals surface area contributed by atoms with Gasteiger partial charge in [0.05, 0.1) is 6.61 Å². The Balaban J connectivity index is 1.58. The third-order valence-corrected chi connectivity index (χ3v) is 6.58. The minimum Gasteiger partial charge on any atom is -0.494 e. The first-order chi connectivity index (χ1) is 16.7. The predicted octanol–water partition coefficient (Wildman–Crippen LogP) is 9.59. The Kier molecular flexibility index (Phi) is 15.4. The lowest BCUT2D eigenvalue weighted by Crippen LogP contribution is -1.98. The molecule has 1 aromatic carbocycles. The zero-order valence-electron chi connectivity index (χ0n) is 22.4. The standard InChI is InChI=1S/C31H50N2O/c1-4-5-6-7-8-9-10-13-16-19-28-25-32-31(33-26-28)29-20-22-30(23-21-29)34-24-17-14-11-12-15-18-27(2)3/h20-23,25-27H,4-19,24H2,1-3H3. The highest BCUT2D eigenvalue weighted by molar-refractivity contribution is 5.55. The van der Waals surface area contributed by atoms with Crippen LogP contribution < -0.4 is 4.74 Å². The summed E-state index contributed by atoms with van der Waals surface area (Å²) >= 11 is 0. The molecule has 0 spiro atoms. The van der Waals surface area contributed by atoms with Crippen molar-refractivity contribution in [3.63, 3.8) is 0 Å². The first-order valence-corrected chi connectivity index (χ1v) is 14.2. The van der Waals surface area contributed by atoms with Gasteiger partial charge >= 0.3 is 0 Å². The molecule has 0 N–H and O–H groups in total. The van der Waals surface area contributed by atoms with Gasteiger partial charge in [0.2, 0.25) is 0 Å². The third-order valence-electron chi connectivity index (χ3n) is 6.58. The van der Waals surface area contributed by atoms with Gasteiger partial charge < -0.3 is 4.74 Å². The van der Waals surface area contributed by atoms with Crippen LogP contribution in [0.4, 0.5) is 0 Å². The first kappa shape index (κ1) is 28.3. The van der Waals surface area contributed by atoms with Gasteiger partial charge in [0.15, 0.2) is 5.82 Å². The monoisotopic (exact) mass is 466 g/mol. The maximum Gasteiger partial charge on any atom is 0.159 e. The lowest BCUT2D eigenvalue weighted by molar-refractivity contribution is 0.304. The second kappa shape index (κ2) is 18.4. The topological polar surface area (TPSA) is 35.0 Å². The zero-order chi connectivity index (χ0) is 24.3. The second-order valence-corrected chi connectivity index (χ2v) is 10.3. The molecular weight excluding hydrogens is 416 g/mol. The molecular formula is C31H50N2O. The molecule has 0 fully saturated rings. The number of nitrogens with zero attached hydrogens (tertiary/aromatic N) is 2. The Morgan fingerprint density at radius 1 is 0.676 bits per heavy atom. The smallest absolute Gasteiger partial charge is 0.159 e. The molecule has 2 aromatic rings. The summed E-state index contributed by atoms with van der Waals surface area (Å²) in [7, 11) is 0. The average Bonchev–Trinajstić information content (AvgIpc) is 2.85. The van der Waals surface area contributed by atoms with Crippen LogP contribution in [0.15, 0.2) is 36.7 Å². The fourth-order valence-corrected chi connectivity index (χ4v) is 4.35. The van der Waals surface area contributed by atoms with Crippen LogP contribution in [0.2, 0.25) is 0 Å². The Morgan fingerprint density at radius 3 is 1.85 bits per heavy atom. The summed E-state index contributed by atoms with van der Waals surface area (Å²) in [6, 6.07) is 8.21. The van der Waals surface area contributed by atoms with E-state index in [0.717, 1.165) is 42.5 Å². The van der Waals surface area contributed by atoms with E-state index in [0.29, 0.717) is 0 Å². The minimum atomic E-state index is 0.795. The normalized spacial score (nSPS) is 11.3. The van der Waals surface area contributed by atoms with Crippen LogP contribution in [0.1, 0.15) is 123 Å². The minimum absolute atomic E-state index is 0.795. The van der Waals surface area contributed by atoms with Gasteiger partial charge in [-0.25, -0.2) is 9.97 Å². The predicted molar refractivity (Wildman–Crippen MR) is 146 cm³/mol. The van der Waals surface area contributed by atoms with Crippen LogP contribution in [-0.2, 0) is 6.42 Å². The van der Waals surface area contributed by atoms with E-state index >= 15 is 0 Å². The van der Waals surface area contributed by atoms with Crippen molar-refractivity contribution in [2.24, 2.45) is 5.92 Å². The molecule has 0 aliphatic heterocycles. The molecule has 2 rings (SSSR count). The Hall–Kier alpha value is -1.90. The van der Waals surface area contributed by atoms with E-state index in [9.17, 15) is 0 Å². The molecule has 0 bridgehead atoms. The van der Waals surface area contributed by atoms with Gasteiger partial charge in [-0.15, -0.1) is 0 Å². The fraction of sp³-hybridized carbons (Fsp3) is 0.677. The molecule has 3 nitrogen and oxygen atoms in total. The van der Waals surface area contributed by atoms with Crippen molar-refractivity contribution < 1.29 is 4.74 Å². The van der Waals surface area contributed by atoms with Gasteiger partial charge in [-0.1, -0.05) is 104 Å². The molecule has 3 heteroatoms. The molecule has 1 aromatic heterocycles. The first-order valence-electron chi connectivity index (χ1n) is 14.2. The van der Waals surface area contributed by atoms with E-state index in [4.69, 9.17) is 4.74 Å². The number of ether oxygens (including phenoxy) is 1. The summed E-state index contributed by atoms with van der Waals surface area (Å²) < 4.78 is 5.92. The Labute approximate surface area is 210 Å². The summed E-state index contributed by atoms with van der Waals surface area (Å²) in [5.41, 5.74) is 2.29. The van der Waals surface area contributed by atoms with Gasteiger partial charge in [-0.2, -0.15) is 0 Å². The summed E-state index contributed by atoms with van der Waals surface area (Å²) in [6.45, 7) is 7.69. The van der Waals surface area contributed by atoms with Crippen LogP contribution in [0, 0.1) is 5.92 Å². The van der Waals surface area contributed by atoms with Crippen molar-refractivity contribution in [1.82, 2.24) is 9.97 Å². The molecule has 1 heterocycles. The highest BCUT2D eigenvalue weighted by Gasteiger charge is 2.03. The van der Waals surface area contributed by atoms with Crippen LogP contribution in [0.25, 0.3) is 11.4 Å². The molecule has 190 valence electrons. The molecule has 0 aliphatic carbocycles. The number of hydrogen-bond donors (Lipinski definition) is 0. The van der Waals surface area contributed by atoms with E-state index < -0.39 is 0 Å². The highest BCUT2D eigenvalue weighted by Crippen LogP contribution is 2.20. The van der Waals surface area contributed by atoms with Gasteiger partial charge in [0.25, 0.3) is 0 Å². The van der Waals surface area contributed by atoms with E-state index in [1.807, 2.05) is 24.5 Å². The largest absolute Gasteiger partial charge is 0.494 e. The van der Waals surface area contributed by atoms with Crippen LogP contribution in [-0.4, -0.2) is 16.6 Å². The van der Waals surface area contributed by atoms with E-state index in [-0.39, 0.29) is 0 Å². The summed E-state index contributed by atoms with van der Waals surface area (Å²) in [4.78, 5) is 9.21. The highest BCUT2D eigenvalue weighted by atomic mass is 16.5. The summed E-state index contributed by atoms with van der Waals surface area (Å²) in [5.74, 6) is 2.56. The molecule has 0 amide bonds. The molecule has 0 radical (unpaired) electrons. The second-order valence-electron chi connectivity index (χ2n) is 10.3. The zero-order valence-corrected chi connectivity index (χ0v) is 22.4. The van der Waals surface area contributed by atoms with E-state index in [1.165, 1.54) is 95.5 Å². The molecule has 34 heavy (non-hydrogen) atoms. The van der Waals surface area contributed by atoms with Crippen molar-refractivity contribution in [2.75, 3.05) is 6.61 Å². The number of unbranched alkanes of at least 4 members (excludes halogenated alkanes) is 12. The van der Waals surface area contributed by atoms with Crippen molar-refractivity contribution in [1.29, 1.82) is 0 Å². The molecule has 0 atom stereocenters. The fourth-order valence-electron chi connectivity index (χ4n) is 4.35. The van der Waals surface area contributed by atoms with E-state index in [2.05, 4.69) is 42.9 Å². The van der Waals surface area contributed by atoms with Gasteiger partial charge in [0, 0.05) is 18.0 Å². The maximum atomic E-state index is 5.92. The van der Waals surface area contributed by atoms with Crippen molar-refractivity contribution in [3.8, 4) is 17.1 Å². The third kappa shape index (κ3) is 13.1. The lowest BCUT2D eigenvalue weighted by Gasteiger charge is -2.08. The molecule has 0 saturated carbocycles. The van der Waals surface area contributed by atoms with Gasteiger partial charge in [-0.3, -0.25) is 0 Å². The average molecular weight is 467 g/mol. The lowest BCUT2D eigenvalue weighted by atomic mass is 10.0. The number of aryl methyl sites for hydroxylation is 1. The molecule has 0 saturated heterocycles. The molecule has 0 unspecified atom stereocenters. The SMILES string of the molecule is CCCCCCCCCCCc1cnc(-c2ccc(OCCCCCCCC(C)C)cc2)nc1. The number of hydrogen-bond acceptors (Lipinski definition) is 3. The number of rotatable bonds is 20. The van der Waals surface area contributed by atoms with Crippen LogP contribution >= 0.6 is 0 Å². The van der Waals surface area contributed by atoms with Gasteiger partial charge in [-0.05, 0) is 55.0 Å². The quantitative estimate of drug-likeness (QED) is 0.182. The van der Waals surface area contributed by atoms with E-state index in [1.54, 1.807) is 0 Å². The maximum absolute atomic E-state index is 5.92. The summed E-state index contributed by atoms with van der Waals surface area (Å²) in [6.07, 6.45) is 25.1. The van der Waals surface area contributed by atoms with Crippen molar-refractivity contribution in [3.05, 3.63) is 42.2 Å². The van der Waals surface area contributed by atoms with Crippen molar-refractivity contribution in [2.45, 2.75) is 124 Å². The number of benzene rings is 1. The Bertz CT molecular complexity index is 724. The Morgan fingerprint density at radius 2 is 1.24 bits per heavy atom. The van der Waals surface area contributed by atoms with Crippen LogP contribution in [0.3, 0.4) is 0 Å².